The molecule has 98 valence electrons. The molecule has 0 unspecified atom stereocenters. The van der Waals surface area contributed by atoms with Crippen molar-refractivity contribution in [2.75, 3.05) is 5.32 Å². The molecule has 4 heteroatoms. The number of hydrogen-bond donors (Lipinski definition) is 1. The summed E-state index contributed by atoms with van der Waals surface area (Å²) in [6.45, 7) is 0. The molecular formula is C16H13N3O. The van der Waals surface area contributed by atoms with Gasteiger partial charge in [-0.3, -0.25) is 9.78 Å². The van der Waals surface area contributed by atoms with Crippen molar-refractivity contribution in [2.45, 2.75) is 6.42 Å². The van der Waals surface area contributed by atoms with Crippen LogP contribution in [0.15, 0.2) is 54.9 Å². The van der Waals surface area contributed by atoms with Crippen LogP contribution in [0.4, 0.5) is 5.69 Å². The molecule has 0 atom stereocenters. The normalized spacial score (nSPS) is 10.2. The van der Waals surface area contributed by atoms with Gasteiger partial charge in [0.15, 0.2) is 0 Å². The fourth-order valence-corrected chi connectivity index (χ4v) is 1.63. The molecule has 0 bridgehead atoms. The SMILES string of the molecule is N#CCc1ccc(NC(=O)/C=C/c2cccnc2)cc1. The second kappa shape index (κ2) is 6.86. The zero-order valence-electron chi connectivity index (χ0n) is 10.8. The van der Waals surface area contributed by atoms with E-state index in [-0.39, 0.29) is 5.91 Å². The fraction of sp³-hybridized carbons (Fsp3) is 0.0625. The number of nitriles is 1. The largest absolute Gasteiger partial charge is 0.323 e. The molecule has 0 radical (unpaired) electrons. The van der Waals surface area contributed by atoms with E-state index in [1.54, 1.807) is 30.6 Å². The predicted molar refractivity (Wildman–Crippen MR) is 77.7 cm³/mol. The van der Waals surface area contributed by atoms with Gasteiger partial charge < -0.3 is 5.32 Å². The van der Waals surface area contributed by atoms with Crippen molar-refractivity contribution in [3.05, 3.63) is 66.0 Å². The minimum Gasteiger partial charge on any atom is -0.323 e. The summed E-state index contributed by atoms with van der Waals surface area (Å²) in [5.74, 6) is -0.207. The summed E-state index contributed by atoms with van der Waals surface area (Å²) in [7, 11) is 0. The molecule has 0 aliphatic heterocycles. The van der Waals surface area contributed by atoms with E-state index in [1.807, 2.05) is 24.3 Å². The number of anilines is 1. The number of benzene rings is 1. The molecule has 4 nitrogen and oxygen atoms in total. The first kappa shape index (κ1) is 13.5. The molecule has 20 heavy (non-hydrogen) atoms. The quantitative estimate of drug-likeness (QED) is 0.862. The Labute approximate surface area is 117 Å². The topological polar surface area (TPSA) is 65.8 Å². The Morgan fingerprint density at radius 2 is 2.10 bits per heavy atom. The first-order valence-electron chi connectivity index (χ1n) is 6.13. The van der Waals surface area contributed by atoms with Gasteiger partial charge in [0.2, 0.25) is 5.91 Å². The number of nitrogens with zero attached hydrogens (tertiary/aromatic N) is 2. The summed E-state index contributed by atoms with van der Waals surface area (Å²) < 4.78 is 0. The van der Waals surface area contributed by atoms with Gasteiger partial charge in [-0.05, 0) is 35.4 Å². The number of carbonyl (C=O) groups is 1. The van der Waals surface area contributed by atoms with Crippen LogP contribution in [0.3, 0.4) is 0 Å². The maximum Gasteiger partial charge on any atom is 0.248 e. The molecule has 2 aromatic rings. The second-order valence-electron chi connectivity index (χ2n) is 4.14. The van der Waals surface area contributed by atoms with Crippen LogP contribution in [-0.2, 0) is 11.2 Å². The van der Waals surface area contributed by atoms with Gasteiger partial charge in [-0.1, -0.05) is 18.2 Å². The molecule has 0 aliphatic carbocycles. The highest BCUT2D eigenvalue weighted by Gasteiger charge is 1.98. The van der Waals surface area contributed by atoms with Gasteiger partial charge in [0.1, 0.15) is 0 Å². The highest BCUT2D eigenvalue weighted by atomic mass is 16.1. The van der Waals surface area contributed by atoms with Crippen LogP contribution >= 0.6 is 0 Å². The van der Waals surface area contributed by atoms with Crippen LogP contribution in [0.5, 0.6) is 0 Å². The van der Waals surface area contributed by atoms with Gasteiger partial charge in [-0.2, -0.15) is 5.26 Å². The average Bonchev–Trinajstić information content (AvgIpc) is 2.49. The summed E-state index contributed by atoms with van der Waals surface area (Å²) in [5.41, 5.74) is 2.50. The van der Waals surface area contributed by atoms with E-state index in [2.05, 4.69) is 16.4 Å². The molecule has 1 aromatic heterocycles. The van der Waals surface area contributed by atoms with Crippen LogP contribution in [0.2, 0.25) is 0 Å². The van der Waals surface area contributed by atoms with E-state index in [0.29, 0.717) is 12.1 Å². The van der Waals surface area contributed by atoms with E-state index in [0.717, 1.165) is 11.1 Å². The Morgan fingerprint density at radius 1 is 1.30 bits per heavy atom. The molecule has 0 saturated heterocycles. The fourth-order valence-electron chi connectivity index (χ4n) is 1.63. The lowest BCUT2D eigenvalue weighted by Gasteiger charge is -2.02. The number of carbonyl (C=O) groups excluding carboxylic acids is 1. The summed E-state index contributed by atoms with van der Waals surface area (Å²) in [6, 6.07) is 13.0. The van der Waals surface area contributed by atoms with E-state index in [9.17, 15) is 4.79 Å². The van der Waals surface area contributed by atoms with Gasteiger partial charge in [0.05, 0.1) is 12.5 Å². The van der Waals surface area contributed by atoms with Crippen molar-refractivity contribution < 1.29 is 4.79 Å². The molecule has 1 N–H and O–H groups in total. The first-order chi connectivity index (χ1) is 9.78. The highest BCUT2D eigenvalue weighted by Crippen LogP contribution is 2.10. The smallest absolute Gasteiger partial charge is 0.248 e. The molecule has 1 aromatic carbocycles. The minimum atomic E-state index is -0.207. The summed E-state index contributed by atoms with van der Waals surface area (Å²) in [5, 5.41) is 11.3. The van der Waals surface area contributed by atoms with Crippen LogP contribution in [-0.4, -0.2) is 10.9 Å². The minimum absolute atomic E-state index is 0.207. The lowest BCUT2D eigenvalue weighted by Crippen LogP contribution is -2.07. The van der Waals surface area contributed by atoms with E-state index >= 15 is 0 Å². The van der Waals surface area contributed by atoms with Crippen LogP contribution in [0.25, 0.3) is 6.08 Å². The Bertz CT molecular complexity index is 640. The first-order valence-corrected chi connectivity index (χ1v) is 6.13. The molecular weight excluding hydrogens is 250 g/mol. The van der Waals surface area contributed by atoms with Crippen molar-refractivity contribution in [2.24, 2.45) is 0 Å². The third kappa shape index (κ3) is 4.07. The van der Waals surface area contributed by atoms with E-state index < -0.39 is 0 Å². The van der Waals surface area contributed by atoms with E-state index in [4.69, 9.17) is 5.26 Å². The average molecular weight is 263 g/mol. The zero-order valence-corrected chi connectivity index (χ0v) is 10.8. The summed E-state index contributed by atoms with van der Waals surface area (Å²) >= 11 is 0. The molecule has 0 aliphatic rings. The van der Waals surface area contributed by atoms with Crippen LogP contribution < -0.4 is 5.32 Å². The molecule has 2 rings (SSSR count). The van der Waals surface area contributed by atoms with Crippen molar-refractivity contribution in [1.29, 1.82) is 5.26 Å². The number of aromatic nitrogens is 1. The van der Waals surface area contributed by atoms with Crippen molar-refractivity contribution in [3.63, 3.8) is 0 Å². The van der Waals surface area contributed by atoms with Gasteiger partial charge in [0.25, 0.3) is 0 Å². The second-order valence-corrected chi connectivity index (χ2v) is 4.14. The standard InChI is InChI=1S/C16H13N3O/c17-10-9-13-3-6-15(7-4-13)19-16(20)8-5-14-2-1-11-18-12-14/h1-8,11-12H,9H2,(H,19,20)/b8-5+. The lowest BCUT2D eigenvalue weighted by atomic mass is 10.1. The molecule has 1 heterocycles. The van der Waals surface area contributed by atoms with E-state index in [1.165, 1.54) is 6.08 Å². The predicted octanol–water partition coefficient (Wildman–Crippen LogP) is 2.80. The Kier molecular flexibility index (Phi) is 4.63. The van der Waals surface area contributed by atoms with Crippen molar-refractivity contribution >= 4 is 17.7 Å². The molecule has 0 fully saturated rings. The Balaban J connectivity index is 1.94. The van der Waals surface area contributed by atoms with Crippen molar-refractivity contribution in [1.82, 2.24) is 4.98 Å². The van der Waals surface area contributed by atoms with Crippen molar-refractivity contribution in [3.8, 4) is 6.07 Å². The van der Waals surface area contributed by atoms with Crippen LogP contribution in [0.1, 0.15) is 11.1 Å². The van der Waals surface area contributed by atoms with Crippen LogP contribution in [0, 0.1) is 11.3 Å². The maximum absolute atomic E-state index is 11.7. The van der Waals surface area contributed by atoms with Gasteiger partial charge in [0, 0.05) is 24.2 Å². The lowest BCUT2D eigenvalue weighted by molar-refractivity contribution is -0.111. The number of hydrogen-bond acceptors (Lipinski definition) is 3. The third-order valence-corrected chi connectivity index (χ3v) is 2.62. The Hall–Kier alpha value is -2.93. The third-order valence-electron chi connectivity index (χ3n) is 2.62. The number of rotatable bonds is 4. The van der Waals surface area contributed by atoms with Gasteiger partial charge in [-0.25, -0.2) is 0 Å². The number of nitrogens with one attached hydrogen (secondary N) is 1. The van der Waals surface area contributed by atoms with Gasteiger partial charge >= 0.3 is 0 Å². The number of pyridine rings is 1. The highest BCUT2D eigenvalue weighted by molar-refractivity contribution is 6.01. The summed E-state index contributed by atoms with van der Waals surface area (Å²) in [6.07, 6.45) is 6.89. The number of amides is 1. The monoisotopic (exact) mass is 263 g/mol. The summed E-state index contributed by atoms with van der Waals surface area (Å²) in [4.78, 5) is 15.7. The Morgan fingerprint density at radius 3 is 2.75 bits per heavy atom. The maximum atomic E-state index is 11.7. The molecule has 0 spiro atoms. The zero-order chi connectivity index (χ0) is 14.2. The van der Waals surface area contributed by atoms with Gasteiger partial charge in [-0.15, -0.1) is 0 Å². The molecule has 0 saturated carbocycles. The molecule has 1 amide bonds.